The number of aromatic nitrogens is 2. The van der Waals surface area contributed by atoms with Crippen molar-refractivity contribution in [2.24, 2.45) is 5.92 Å². The Hall–Kier alpha value is -1.12. The molecule has 1 aromatic heterocycles. The van der Waals surface area contributed by atoms with E-state index >= 15 is 0 Å². The van der Waals surface area contributed by atoms with E-state index in [0.29, 0.717) is 0 Å². The third-order valence-electron chi connectivity index (χ3n) is 2.08. The van der Waals surface area contributed by atoms with Crippen molar-refractivity contribution in [2.45, 2.75) is 26.7 Å². The lowest BCUT2D eigenvalue weighted by atomic mass is 10.0. The molecule has 0 spiro atoms. The smallest absolute Gasteiger partial charge is 0.132 e. The predicted molar refractivity (Wildman–Crippen MR) is 46.8 cm³/mol. The number of hydrogen-bond donors (Lipinski definition) is 1. The lowest BCUT2D eigenvalue weighted by Crippen LogP contribution is -2.07. The van der Waals surface area contributed by atoms with Gasteiger partial charge in [0.05, 0.1) is 12.0 Å². The Morgan fingerprint density at radius 2 is 2.50 bits per heavy atom. The second-order valence-electron chi connectivity index (χ2n) is 3.11. The molecule has 0 aliphatic carbocycles. The van der Waals surface area contributed by atoms with E-state index in [1.807, 2.05) is 13.1 Å². The summed E-state index contributed by atoms with van der Waals surface area (Å²) in [5.74, 6) is 0.409. The number of carbonyl (C=O) groups excluding carboxylic acids is 1. The number of ketones is 1. The van der Waals surface area contributed by atoms with Crippen molar-refractivity contribution in [3.8, 4) is 0 Å². The van der Waals surface area contributed by atoms with Gasteiger partial charge in [0.25, 0.3) is 0 Å². The molecule has 66 valence electrons. The fraction of sp³-hybridized carbons (Fsp3) is 0.556. The molecule has 0 amide bonds. The Morgan fingerprint density at radius 1 is 1.75 bits per heavy atom. The molecule has 0 saturated carbocycles. The molecular weight excluding hydrogens is 152 g/mol. The van der Waals surface area contributed by atoms with Gasteiger partial charge < -0.3 is 4.98 Å². The van der Waals surface area contributed by atoms with Crippen LogP contribution in [0.25, 0.3) is 0 Å². The van der Waals surface area contributed by atoms with Crippen molar-refractivity contribution < 1.29 is 4.79 Å². The van der Waals surface area contributed by atoms with Gasteiger partial charge in [0.2, 0.25) is 0 Å². The van der Waals surface area contributed by atoms with E-state index in [2.05, 4.69) is 9.97 Å². The van der Waals surface area contributed by atoms with E-state index in [-0.39, 0.29) is 11.7 Å². The quantitative estimate of drug-likeness (QED) is 0.737. The molecule has 0 saturated heterocycles. The molecule has 1 heterocycles. The lowest BCUT2D eigenvalue weighted by Gasteiger charge is -2.04. The number of carbonyl (C=O) groups is 1. The van der Waals surface area contributed by atoms with Crippen LogP contribution in [0, 0.1) is 5.92 Å². The molecule has 0 aliphatic heterocycles. The van der Waals surface area contributed by atoms with Crippen molar-refractivity contribution >= 4 is 5.78 Å². The van der Waals surface area contributed by atoms with Gasteiger partial charge in [0.1, 0.15) is 5.78 Å². The third-order valence-corrected chi connectivity index (χ3v) is 2.08. The van der Waals surface area contributed by atoms with Gasteiger partial charge in [-0.15, -0.1) is 0 Å². The van der Waals surface area contributed by atoms with Gasteiger partial charge in [-0.3, -0.25) is 4.79 Å². The van der Waals surface area contributed by atoms with Crippen LogP contribution in [-0.4, -0.2) is 15.8 Å². The number of Topliss-reactive ketones (excluding diaryl/α,β-unsaturated/α-hetero) is 1. The average molecular weight is 166 g/mol. The standard InChI is InChI=1S/C9H14N2O/c1-7(8(2)12)3-4-9-5-10-6-11-9/h5-7H,3-4H2,1-2H3,(H,10,11)/t7-/m0/s1. The van der Waals surface area contributed by atoms with Crippen LogP contribution in [0.1, 0.15) is 26.0 Å². The molecule has 0 aliphatic rings. The van der Waals surface area contributed by atoms with Crippen LogP contribution in [0.15, 0.2) is 12.5 Å². The minimum Gasteiger partial charge on any atom is -0.351 e. The summed E-state index contributed by atoms with van der Waals surface area (Å²) in [6.07, 6.45) is 5.30. The van der Waals surface area contributed by atoms with E-state index in [1.54, 1.807) is 13.3 Å². The van der Waals surface area contributed by atoms with Crippen LogP contribution in [0.2, 0.25) is 0 Å². The van der Waals surface area contributed by atoms with Crippen LogP contribution in [0.3, 0.4) is 0 Å². The summed E-state index contributed by atoms with van der Waals surface area (Å²) in [5, 5.41) is 0. The largest absolute Gasteiger partial charge is 0.351 e. The van der Waals surface area contributed by atoms with Gasteiger partial charge in [-0.2, -0.15) is 0 Å². The van der Waals surface area contributed by atoms with Crippen LogP contribution in [0.4, 0.5) is 0 Å². The van der Waals surface area contributed by atoms with Gasteiger partial charge >= 0.3 is 0 Å². The number of H-pyrrole nitrogens is 1. The van der Waals surface area contributed by atoms with Crippen molar-refractivity contribution in [3.63, 3.8) is 0 Å². The number of rotatable bonds is 4. The maximum atomic E-state index is 10.9. The monoisotopic (exact) mass is 166 g/mol. The summed E-state index contributed by atoms with van der Waals surface area (Å²) in [6.45, 7) is 3.59. The number of hydrogen-bond acceptors (Lipinski definition) is 2. The molecule has 1 atom stereocenters. The Labute approximate surface area is 72.2 Å². The van der Waals surface area contributed by atoms with Crippen molar-refractivity contribution in [1.29, 1.82) is 0 Å². The zero-order valence-electron chi connectivity index (χ0n) is 7.50. The maximum absolute atomic E-state index is 10.9. The minimum atomic E-state index is 0.154. The van der Waals surface area contributed by atoms with Gasteiger partial charge in [0.15, 0.2) is 0 Å². The Bertz CT molecular complexity index is 241. The average Bonchev–Trinajstić information content (AvgIpc) is 2.51. The molecule has 0 radical (unpaired) electrons. The first-order valence-corrected chi connectivity index (χ1v) is 4.18. The molecule has 0 unspecified atom stereocenters. The van der Waals surface area contributed by atoms with Crippen molar-refractivity contribution in [1.82, 2.24) is 9.97 Å². The highest BCUT2D eigenvalue weighted by Crippen LogP contribution is 2.07. The number of nitrogens with one attached hydrogen (secondary N) is 1. The predicted octanol–water partition coefficient (Wildman–Crippen LogP) is 1.57. The summed E-state index contributed by atoms with van der Waals surface area (Å²) in [4.78, 5) is 17.8. The zero-order valence-corrected chi connectivity index (χ0v) is 7.50. The van der Waals surface area contributed by atoms with E-state index < -0.39 is 0 Å². The minimum absolute atomic E-state index is 0.154. The summed E-state index contributed by atoms with van der Waals surface area (Å²) in [6, 6.07) is 0. The van der Waals surface area contributed by atoms with Crippen LogP contribution >= 0.6 is 0 Å². The second-order valence-corrected chi connectivity index (χ2v) is 3.11. The number of nitrogens with zero attached hydrogens (tertiary/aromatic N) is 1. The summed E-state index contributed by atoms with van der Waals surface area (Å²) in [7, 11) is 0. The SMILES string of the molecule is CC(=O)[C@@H](C)CCc1c[nH]cn1. The molecule has 3 nitrogen and oxygen atoms in total. The topological polar surface area (TPSA) is 45.8 Å². The van der Waals surface area contributed by atoms with Gasteiger partial charge in [0, 0.05) is 12.1 Å². The number of aromatic amines is 1. The normalized spacial score (nSPS) is 12.8. The second kappa shape index (κ2) is 4.04. The first kappa shape index (κ1) is 8.97. The van der Waals surface area contributed by atoms with Gasteiger partial charge in [-0.1, -0.05) is 6.92 Å². The molecule has 1 N–H and O–H groups in total. The first-order valence-electron chi connectivity index (χ1n) is 4.18. The molecule has 12 heavy (non-hydrogen) atoms. The number of aryl methyl sites for hydroxylation is 1. The summed E-state index contributed by atoms with van der Waals surface area (Å²) < 4.78 is 0. The van der Waals surface area contributed by atoms with Crippen molar-refractivity contribution in [2.75, 3.05) is 0 Å². The first-order chi connectivity index (χ1) is 5.70. The molecule has 3 heteroatoms. The van der Waals surface area contributed by atoms with Crippen LogP contribution < -0.4 is 0 Å². The fourth-order valence-corrected chi connectivity index (χ4v) is 0.995. The lowest BCUT2D eigenvalue weighted by molar-refractivity contribution is -0.120. The van der Waals surface area contributed by atoms with Gasteiger partial charge in [-0.25, -0.2) is 4.98 Å². The van der Waals surface area contributed by atoms with Crippen LogP contribution in [-0.2, 0) is 11.2 Å². The fourth-order valence-electron chi connectivity index (χ4n) is 0.995. The Kier molecular flexibility index (Phi) is 3.02. The molecule has 0 fully saturated rings. The van der Waals surface area contributed by atoms with E-state index in [4.69, 9.17) is 0 Å². The van der Waals surface area contributed by atoms with E-state index in [1.165, 1.54) is 0 Å². The van der Waals surface area contributed by atoms with Crippen molar-refractivity contribution in [3.05, 3.63) is 18.2 Å². The highest BCUT2D eigenvalue weighted by molar-refractivity contribution is 5.77. The molecule has 1 aromatic rings. The highest BCUT2D eigenvalue weighted by Gasteiger charge is 2.07. The van der Waals surface area contributed by atoms with Crippen LogP contribution in [0.5, 0.6) is 0 Å². The summed E-state index contributed by atoms with van der Waals surface area (Å²) >= 11 is 0. The Balaban J connectivity index is 2.31. The zero-order chi connectivity index (χ0) is 8.97. The molecule has 0 bridgehead atoms. The maximum Gasteiger partial charge on any atom is 0.132 e. The number of imidazole rings is 1. The van der Waals surface area contributed by atoms with E-state index in [0.717, 1.165) is 18.5 Å². The van der Waals surface area contributed by atoms with Gasteiger partial charge in [-0.05, 0) is 19.8 Å². The Morgan fingerprint density at radius 3 is 3.00 bits per heavy atom. The highest BCUT2D eigenvalue weighted by atomic mass is 16.1. The summed E-state index contributed by atoms with van der Waals surface area (Å²) in [5.41, 5.74) is 1.03. The molecular formula is C9H14N2O. The van der Waals surface area contributed by atoms with E-state index in [9.17, 15) is 4.79 Å². The molecule has 1 rings (SSSR count). The molecule has 0 aromatic carbocycles. The third kappa shape index (κ3) is 2.49.